The van der Waals surface area contributed by atoms with Crippen molar-refractivity contribution in [1.29, 1.82) is 0 Å². The first-order valence-electron chi connectivity index (χ1n) is 7.73. The highest BCUT2D eigenvalue weighted by Crippen LogP contribution is 2.25. The highest BCUT2D eigenvalue weighted by Gasteiger charge is 2.31. The first-order valence-corrected chi connectivity index (χ1v) is 9.65. The number of rotatable bonds is 7. The molecule has 1 N–H and O–H groups in total. The summed E-state index contributed by atoms with van der Waals surface area (Å²) in [5.41, 5.74) is 0.951. The molecule has 2 atom stereocenters. The highest BCUT2D eigenvalue weighted by atomic mass is 35.5. The van der Waals surface area contributed by atoms with Crippen molar-refractivity contribution in [2.24, 2.45) is 5.92 Å². The molecule has 1 saturated heterocycles. The number of ether oxygens (including phenoxy) is 1. The zero-order valence-corrected chi connectivity index (χ0v) is 14.7. The fourth-order valence-electron chi connectivity index (χ4n) is 2.54. The summed E-state index contributed by atoms with van der Waals surface area (Å²) in [6.45, 7) is 5.08. The van der Waals surface area contributed by atoms with Gasteiger partial charge in [0.25, 0.3) is 0 Å². The summed E-state index contributed by atoms with van der Waals surface area (Å²) in [7, 11) is -3.37. The van der Waals surface area contributed by atoms with Crippen LogP contribution in [0.15, 0.2) is 24.3 Å². The van der Waals surface area contributed by atoms with Crippen LogP contribution in [0, 0.1) is 5.92 Å². The number of sulfonamides is 1. The zero-order valence-electron chi connectivity index (χ0n) is 13.1. The van der Waals surface area contributed by atoms with Gasteiger partial charge in [-0.05, 0) is 42.9 Å². The topological polar surface area (TPSA) is 55.4 Å². The summed E-state index contributed by atoms with van der Waals surface area (Å²) in [6, 6.07) is 7.16. The van der Waals surface area contributed by atoms with E-state index in [2.05, 4.69) is 18.6 Å². The van der Waals surface area contributed by atoms with E-state index in [9.17, 15) is 8.42 Å². The van der Waals surface area contributed by atoms with Gasteiger partial charge in [-0.2, -0.15) is 0 Å². The lowest BCUT2D eigenvalue weighted by Gasteiger charge is -2.22. The molecule has 124 valence electrons. The molecule has 0 spiro atoms. The maximum absolute atomic E-state index is 12.5. The van der Waals surface area contributed by atoms with Crippen LogP contribution in [0.4, 0.5) is 0 Å². The van der Waals surface area contributed by atoms with Crippen LogP contribution in [0.3, 0.4) is 0 Å². The molecule has 1 heterocycles. The molecule has 0 radical (unpaired) electrons. The molecule has 1 aromatic carbocycles. The molecule has 22 heavy (non-hydrogen) atoms. The zero-order chi connectivity index (χ0) is 16.2. The summed E-state index contributed by atoms with van der Waals surface area (Å²) in [6.07, 6.45) is 2.29. The summed E-state index contributed by atoms with van der Waals surface area (Å²) in [4.78, 5) is 0. The number of hydrogen-bond donors (Lipinski definition) is 1. The second kappa shape index (κ2) is 7.77. The lowest BCUT2D eigenvalue weighted by Crippen LogP contribution is -2.37. The smallest absolute Gasteiger partial charge is 0.217 e. The fourth-order valence-corrected chi connectivity index (χ4v) is 4.19. The summed E-state index contributed by atoms with van der Waals surface area (Å²) >= 11 is 5.93. The van der Waals surface area contributed by atoms with Crippen LogP contribution < -0.4 is 4.72 Å². The lowest BCUT2D eigenvalue weighted by atomic mass is 9.98. The van der Waals surface area contributed by atoms with Crippen molar-refractivity contribution >= 4 is 21.6 Å². The Labute approximate surface area is 138 Å². The van der Waals surface area contributed by atoms with E-state index in [1.165, 1.54) is 0 Å². The Balaban J connectivity index is 2.14. The normalized spacial score (nSPS) is 20.5. The van der Waals surface area contributed by atoms with Crippen molar-refractivity contribution < 1.29 is 13.2 Å². The molecule has 4 nitrogen and oxygen atoms in total. The van der Waals surface area contributed by atoms with Crippen LogP contribution in [0.5, 0.6) is 0 Å². The molecule has 0 bridgehead atoms. The van der Waals surface area contributed by atoms with Crippen molar-refractivity contribution in [3.63, 3.8) is 0 Å². The molecule has 1 aromatic rings. The minimum atomic E-state index is -3.37. The Hall–Kier alpha value is -0.620. The molecule has 2 unspecified atom stereocenters. The third-order valence-electron chi connectivity index (χ3n) is 3.94. The minimum absolute atomic E-state index is 0.217. The Morgan fingerprint density at radius 2 is 1.95 bits per heavy atom. The summed E-state index contributed by atoms with van der Waals surface area (Å²) < 4.78 is 33.1. The van der Waals surface area contributed by atoms with Gasteiger partial charge in [0, 0.05) is 17.7 Å². The van der Waals surface area contributed by atoms with Gasteiger partial charge in [0.05, 0.1) is 6.61 Å². The molecule has 0 saturated carbocycles. The van der Waals surface area contributed by atoms with E-state index >= 15 is 0 Å². The van der Waals surface area contributed by atoms with Gasteiger partial charge in [0.1, 0.15) is 5.25 Å². The standard InChI is InChI=1S/C16H24ClNO3S/c1-12(2)3-8-16(13-4-6-14(17)7-5-13)18-22(19,20)15-9-10-21-11-15/h4-7,12,15-16,18H,3,8-11H2,1-2H3. The van der Waals surface area contributed by atoms with Gasteiger partial charge >= 0.3 is 0 Å². The maximum atomic E-state index is 12.5. The quantitative estimate of drug-likeness (QED) is 0.822. The van der Waals surface area contributed by atoms with Gasteiger partial charge in [0.15, 0.2) is 0 Å². The molecule has 0 aliphatic carbocycles. The van der Waals surface area contributed by atoms with Crippen molar-refractivity contribution in [1.82, 2.24) is 4.72 Å². The monoisotopic (exact) mass is 345 g/mol. The largest absolute Gasteiger partial charge is 0.380 e. The van der Waals surface area contributed by atoms with E-state index in [1.807, 2.05) is 12.1 Å². The Morgan fingerprint density at radius 1 is 1.27 bits per heavy atom. The predicted octanol–water partition coefficient (Wildman–Crippen LogP) is 3.53. The van der Waals surface area contributed by atoms with Gasteiger partial charge in [0.2, 0.25) is 10.0 Å². The van der Waals surface area contributed by atoms with E-state index in [4.69, 9.17) is 16.3 Å². The number of nitrogens with one attached hydrogen (secondary N) is 1. The molecule has 0 amide bonds. The third-order valence-corrected chi connectivity index (χ3v) is 6.05. The molecule has 1 fully saturated rings. The van der Waals surface area contributed by atoms with Crippen molar-refractivity contribution in [3.05, 3.63) is 34.9 Å². The van der Waals surface area contributed by atoms with Gasteiger partial charge in [-0.15, -0.1) is 0 Å². The van der Waals surface area contributed by atoms with E-state index in [0.29, 0.717) is 24.0 Å². The summed E-state index contributed by atoms with van der Waals surface area (Å²) in [5, 5.41) is 0.208. The SMILES string of the molecule is CC(C)CCC(NS(=O)(=O)C1CCOC1)c1ccc(Cl)cc1. The van der Waals surface area contributed by atoms with Gasteiger partial charge < -0.3 is 4.74 Å². The number of hydrogen-bond acceptors (Lipinski definition) is 3. The van der Waals surface area contributed by atoms with E-state index in [0.717, 1.165) is 18.4 Å². The van der Waals surface area contributed by atoms with Crippen LogP contribution in [-0.4, -0.2) is 26.9 Å². The molecular weight excluding hydrogens is 322 g/mol. The average Bonchev–Trinajstić information content (AvgIpc) is 2.99. The van der Waals surface area contributed by atoms with E-state index < -0.39 is 15.3 Å². The first kappa shape index (κ1) is 17.7. The minimum Gasteiger partial charge on any atom is -0.380 e. The van der Waals surface area contributed by atoms with Crippen LogP contribution in [0.25, 0.3) is 0 Å². The summed E-state index contributed by atoms with van der Waals surface area (Å²) in [5.74, 6) is 0.522. The Kier molecular flexibility index (Phi) is 6.26. The van der Waals surface area contributed by atoms with Crippen LogP contribution >= 0.6 is 11.6 Å². The third kappa shape index (κ3) is 4.95. The van der Waals surface area contributed by atoms with Crippen molar-refractivity contribution in [3.8, 4) is 0 Å². The molecular formula is C16H24ClNO3S. The fraction of sp³-hybridized carbons (Fsp3) is 0.625. The number of benzene rings is 1. The molecule has 1 aliphatic heterocycles. The molecule has 2 rings (SSSR count). The first-order chi connectivity index (χ1) is 10.4. The van der Waals surface area contributed by atoms with Crippen LogP contribution in [-0.2, 0) is 14.8 Å². The Bertz CT molecular complexity index is 566. The predicted molar refractivity (Wildman–Crippen MR) is 89.5 cm³/mol. The average molecular weight is 346 g/mol. The second-order valence-electron chi connectivity index (χ2n) is 6.22. The maximum Gasteiger partial charge on any atom is 0.217 e. The van der Waals surface area contributed by atoms with Crippen molar-refractivity contribution in [2.75, 3.05) is 13.2 Å². The van der Waals surface area contributed by atoms with E-state index in [-0.39, 0.29) is 12.6 Å². The molecule has 6 heteroatoms. The van der Waals surface area contributed by atoms with E-state index in [1.54, 1.807) is 12.1 Å². The van der Waals surface area contributed by atoms with Crippen molar-refractivity contribution in [2.45, 2.75) is 44.4 Å². The van der Waals surface area contributed by atoms with Crippen LogP contribution in [0.1, 0.15) is 44.7 Å². The van der Waals surface area contributed by atoms with Gasteiger partial charge in [-0.3, -0.25) is 0 Å². The highest BCUT2D eigenvalue weighted by molar-refractivity contribution is 7.90. The second-order valence-corrected chi connectivity index (χ2v) is 8.65. The van der Waals surface area contributed by atoms with Crippen LogP contribution in [0.2, 0.25) is 5.02 Å². The van der Waals surface area contributed by atoms with Gasteiger partial charge in [-0.25, -0.2) is 13.1 Å². The number of halogens is 1. The molecule has 0 aromatic heterocycles. The molecule has 1 aliphatic rings. The lowest BCUT2D eigenvalue weighted by molar-refractivity contribution is 0.198. The van der Waals surface area contributed by atoms with Gasteiger partial charge in [-0.1, -0.05) is 37.6 Å². The Morgan fingerprint density at radius 3 is 2.50 bits per heavy atom.